The van der Waals surface area contributed by atoms with Gasteiger partial charge < -0.3 is 14.7 Å². The molecular formula is C21H22FN5O2S. The Kier molecular flexibility index (Phi) is 5.63. The molecule has 0 saturated carbocycles. The predicted molar refractivity (Wildman–Crippen MR) is 112 cm³/mol. The first-order chi connectivity index (χ1) is 14.4. The van der Waals surface area contributed by atoms with Gasteiger partial charge in [-0.3, -0.25) is 10.2 Å². The summed E-state index contributed by atoms with van der Waals surface area (Å²) in [7, 11) is 0. The number of nitrogens with zero attached hydrogens (tertiary/aromatic N) is 3. The van der Waals surface area contributed by atoms with E-state index in [9.17, 15) is 9.18 Å². The number of aromatic nitrogens is 2. The monoisotopic (exact) mass is 427 g/mol. The number of thiophene rings is 1. The van der Waals surface area contributed by atoms with Crippen molar-refractivity contribution in [2.24, 2.45) is 5.92 Å². The van der Waals surface area contributed by atoms with Crippen LogP contribution in [-0.4, -0.2) is 39.4 Å². The van der Waals surface area contributed by atoms with Crippen LogP contribution in [0.1, 0.15) is 37.1 Å². The number of hydrogen-bond donors (Lipinski definition) is 2. The SMILES string of the molecule is CC(C)C[C@H]1C(=O)N[C@@H](c2cccs2)CN1C(=N)c1nc(-c2ccc(F)cc2)no1. The van der Waals surface area contributed by atoms with Gasteiger partial charge in [0.05, 0.1) is 6.04 Å². The maximum atomic E-state index is 13.2. The topological polar surface area (TPSA) is 95.1 Å². The molecule has 7 nitrogen and oxygen atoms in total. The Bertz CT molecular complexity index is 1030. The lowest BCUT2D eigenvalue weighted by Crippen LogP contribution is -2.58. The largest absolute Gasteiger partial charge is 0.345 e. The smallest absolute Gasteiger partial charge is 0.293 e. The minimum absolute atomic E-state index is 0.0120. The summed E-state index contributed by atoms with van der Waals surface area (Å²) in [5.41, 5.74) is 0.589. The molecule has 0 spiro atoms. The predicted octanol–water partition coefficient (Wildman–Crippen LogP) is 3.85. The van der Waals surface area contributed by atoms with Crippen molar-refractivity contribution in [3.63, 3.8) is 0 Å². The van der Waals surface area contributed by atoms with Crippen molar-refractivity contribution in [1.29, 1.82) is 5.41 Å². The van der Waals surface area contributed by atoms with Crippen molar-refractivity contribution in [3.05, 3.63) is 58.4 Å². The van der Waals surface area contributed by atoms with Crippen molar-refractivity contribution in [2.75, 3.05) is 6.54 Å². The van der Waals surface area contributed by atoms with E-state index in [1.165, 1.54) is 12.1 Å². The highest BCUT2D eigenvalue weighted by Gasteiger charge is 2.38. The second kappa shape index (κ2) is 8.35. The van der Waals surface area contributed by atoms with E-state index in [4.69, 9.17) is 9.93 Å². The minimum atomic E-state index is -0.491. The molecule has 9 heteroatoms. The molecule has 0 radical (unpaired) electrons. The number of rotatable bonds is 5. The molecule has 1 aromatic carbocycles. The Morgan fingerprint density at radius 1 is 1.37 bits per heavy atom. The molecule has 156 valence electrons. The molecule has 2 atom stereocenters. The van der Waals surface area contributed by atoms with E-state index in [-0.39, 0.29) is 41.2 Å². The van der Waals surface area contributed by atoms with E-state index in [1.54, 1.807) is 28.4 Å². The van der Waals surface area contributed by atoms with Gasteiger partial charge in [0.15, 0.2) is 5.84 Å². The zero-order valence-electron chi connectivity index (χ0n) is 16.6. The van der Waals surface area contributed by atoms with Crippen LogP contribution in [0.5, 0.6) is 0 Å². The number of amides is 1. The molecule has 2 aromatic heterocycles. The average Bonchev–Trinajstić information content (AvgIpc) is 3.41. The van der Waals surface area contributed by atoms with Gasteiger partial charge in [0.25, 0.3) is 5.89 Å². The maximum absolute atomic E-state index is 13.2. The van der Waals surface area contributed by atoms with Gasteiger partial charge in [0.1, 0.15) is 11.9 Å². The van der Waals surface area contributed by atoms with Gasteiger partial charge in [0, 0.05) is 17.0 Å². The van der Waals surface area contributed by atoms with Gasteiger partial charge in [-0.25, -0.2) is 4.39 Å². The summed E-state index contributed by atoms with van der Waals surface area (Å²) < 4.78 is 18.5. The van der Waals surface area contributed by atoms with E-state index in [0.717, 1.165) is 4.88 Å². The lowest BCUT2D eigenvalue weighted by molar-refractivity contribution is -0.129. The zero-order valence-corrected chi connectivity index (χ0v) is 17.4. The zero-order chi connectivity index (χ0) is 21.3. The molecular weight excluding hydrogens is 405 g/mol. The Balaban J connectivity index is 1.61. The number of benzene rings is 1. The first-order valence-corrected chi connectivity index (χ1v) is 10.6. The standard InChI is InChI=1S/C21H22FN5O2S/c1-12(2)10-16-20(28)24-15(17-4-3-9-30-17)11-27(16)18(23)21-25-19(26-29-21)13-5-7-14(22)8-6-13/h3-9,12,15-16,23H,10-11H2,1-2H3,(H,24,28)/t15-,16+/m1/s1. The summed E-state index contributed by atoms with van der Waals surface area (Å²) in [6.07, 6.45) is 0.602. The third-order valence-electron chi connectivity index (χ3n) is 4.97. The molecule has 1 fully saturated rings. The second-order valence-electron chi connectivity index (χ2n) is 7.65. The molecule has 30 heavy (non-hydrogen) atoms. The van der Waals surface area contributed by atoms with E-state index >= 15 is 0 Å². The van der Waals surface area contributed by atoms with Crippen LogP contribution in [0.15, 0.2) is 46.3 Å². The summed E-state index contributed by atoms with van der Waals surface area (Å²) in [6.45, 7) is 4.52. The van der Waals surface area contributed by atoms with Crippen LogP contribution in [-0.2, 0) is 4.79 Å². The van der Waals surface area contributed by atoms with E-state index < -0.39 is 6.04 Å². The van der Waals surface area contributed by atoms with Crippen LogP contribution in [0.25, 0.3) is 11.4 Å². The molecule has 1 amide bonds. The average molecular weight is 428 g/mol. The molecule has 0 aliphatic carbocycles. The van der Waals surface area contributed by atoms with Gasteiger partial charge in [-0.1, -0.05) is 25.1 Å². The molecule has 1 saturated heterocycles. The fraction of sp³-hybridized carbons (Fsp3) is 0.333. The molecule has 1 aliphatic heterocycles. The van der Waals surface area contributed by atoms with E-state index in [2.05, 4.69) is 15.5 Å². The van der Waals surface area contributed by atoms with E-state index in [0.29, 0.717) is 18.5 Å². The molecule has 0 unspecified atom stereocenters. The van der Waals surface area contributed by atoms with Gasteiger partial charge >= 0.3 is 0 Å². The maximum Gasteiger partial charge on any atom is 0.293 e. The summed E-state index contributed by atoms with van der Waals surface area (Å²) in [5.74, 6) is 0.112. The van der Waals surface area contributed by atoms with Crippen LogP contribution in [0.3, 0.4) is 0 Å². The van der Waals surface area contributed by atoms with Crippen molar-refractivity contribution in [1.82, 2.24) is 20.4 Å². The normalized spacial score (nSPS) is 19.2. The third kappa shape index (κ3) is 4.11. The van der Waals surface area contributed by atoms with Crippen molar-refractivity contribution in [2.45, 2.75) is 32.4 Å². The van der Waals surface area contributed by atoms with Crippen LogP contribution in [0.4, 0.5) is 4.39 Å². The quantitative estimate of drug-likeness (QED) is 0.476. The highest BCUT2D eigenvalue weighted by molar-refractivity contribution is 7.10. The Morgan fingerprint density at radius 2 is 2.13 bits per heavy atom. The Morgan fingerprint density at radius 3 is 2.80 bits per heavy atom. The highest BCUT2D eigenvalue weighted by Crippen LogP contribution is 2.28. The number of carbonyl (C=O) groups is 1. The fourth-order valence-electron chi connectivity index (χ4n) is 3.52. The Hall–Kier alpha value is -3.07. The molecule has 4 rings (SSSR count). The van der Waals surface area contributed by atoms with Crippen LogP contribution < -0.4 is 5.32 Å². The molecule has 2 N–H and O–H groups in total. The Labute approximate surface area is 177 Å². The third-order valence-corrected chi connectivity index (χ3v) is 5.96. The summed E-state index contributed by atoms with van der Waals surface area (Å²) in [6, 6.07) is 8.95. The number of amidine groups is 1. The first-order valence-electron chi connectivity index (χ1n) is 9.71. The first kappa shape index (κ1) is 20.2. The van der Waals surface area contributed by atoms with Gasteiger partial charge in [-0.05, 0) is 48.1 Å². The summed E-state index contributed by atoms with van der Waals surface area (Å²) in [5, 5.41) is 17.7. The van der Waals surface area contributed by atoms with Crippen LogP contribution >= 0.6 is 11.3 Å². The fourth-order valence-corrected chi connectivity index (χ4v) is 4.29. The summed E-state index contributed by atoms with van der Waals surface area (Å²) >= 11 is 1.56. The van der Waals surface area contributed by atoms with Gasteiger partial charge in [0.2, 0.25) is 11.7 Å². The number of carbonyl (C=O) groups excluding carboxylic acids is 1. The van der Waals surface area contributed by atoms with Crippen molar-refractivity contribution >= 4 is 23.1 Å². The lowest BCUT2D eigenvalue weighted by Gasteiger charge is -2.40. The lowest BCUT2D eigenvalue weighted by atomic mass is 9.97. The van der Waals surface area contributed by atoms with Crippen molar-refractivity contribution in [3.8, 4) is 11.4 Å². The molecule has 1 aliphatic rings. The summed E-state index contributed by atoms with van der Waals surface area (Å²) in [4.78, 5) is 20.0. The molecule has 0 bridgehead atoms. The van der Waals surface area contributed by atoms with Gasteiger partial charge in [-0.2, -0.15) is 4.98 Å². The van der Waals surface area contributed by atoms with Crippen LogP contribution in [0, 0.1) is 17.1 Å². The number of halogens is 1. The number of nitrogens with one attached hydrogen (secondary N) is 2. The highest BCUT2D eigenvalue weighted by atomic mass is 32.1. The minimum Gasteiger partial charge on any atom is -0.345 e. The molecule has 3 heterocycles. The van der Waals surface area contributed by atoms with Crippen molar-refractivity contribution < 1.29 is 13.7 Å². The molecule has 3 aromatic rings. The van der Waals surface area contributed by atoms with E-state index in [1.807, 2.05) is 31.4 Å². The van der Waals surface area contributed by atoms with Crippen LogP contribution in [0.2, 0.25) is 0 Å². The number of piperazine rings is 1. The van der Waals surface area contributed by atoms with Gasteiger partial charge in [-0.15, -0.1) is 11.3 Å². The second-order valence-corrected chi connectivity index (χ2v) is 8.63. The number of hydrogen-bond acceptors (Lipinski definition) is 6.